The molecule has 0 amide bonds. The zero-order chi connectivity index (χ0) is 7.28. The monoisotopic (exact) mass is 126 g/mol. The second-order valence-corrected chi connectivity index (χ2v) is 2.70. The molecule has 0 fully saturated rings. The summed E-state index contributed by atoms with van der Waals surface area (Å²) in [7, 11) is 0. The van der Waals surface area contributed by atoms with E-state index in [0.717, 1.165) is 18.3 Å². The van der Waals surface area contributed by atoms with E-state index in [1.54, 1.807) is 0 Å². The first kappa shape index (κ1) is 8.41. The van der Waals surface area contributed by atoms with Crippen molar-refractivity contribution < 1.29 is 4.79 Å². The fourth-order valence-corrected chi connectivity index (χ4v) is 0.470. The second-order valence-electron chi connectivity index (χ2n) is 2.70. The van der Waals surface area contributed by atoms with Crippen LogP contribution in [0.25, 0.3) is 0 Å². The Morgan fingerprint density at radius 1 is 1.56 bits per heavy atom. The minimum atomic E-state index is 0.653. The van der Waals surface area contributed by atoms with Gasteiger partial charge in [0.25, 0.3) is 0 Å². The third kappa shape index (κ3) is 5.28. The van der Waals surface area contributed by atoms with Crippen molar-refractivity contribution in [1.29, 1.82) is 0 Å². The molecule has 0 N–H and O–H groups in total. The van der Waals surface area contributed by atoms with Gasteiger partial charge < -0.3 is 0 Å². The molecule has 1 heteroatoms. The van der Waals surface area contributed by atoms with Gasteiger partial charge in [0, 0.05) is 0 Å². The van der Waals surface area contributed by atoms with Crippen LogP contribution in [0.2, 0.25) is 0 Å². The van der Waals surface area contributed by atoms with Crippen molar-refractivity contribution in [2.75, 3.05) is 0 Å². The van der Waals surface area contributed by atoms with Crippen molar-refractivity contribution in [2.24, 2.45) is 5.92 Å². The first-order chi connectivity index (χ1) is 4.16. The summed E-state index contributed by atoms with van der Waals surface area (Å²) in [6, 6.07) is 0. The number of hydrogen-bond acceptors (Lipinski definition) is 1. The SMILES string of the molecule is CC(C=O)=CCC(C)C. The van der Waals surface area contributed by atoms with Crippen molar-refractivity contribution in [1.82, 2.24) is 0 Å². The van der Waals surface area contributed by atoms with Gasteiger partial charge in [0.2, 0.25) is 0 Å². The quantitative estimate of drug-likeness (QED) is 0.418. The molecule has 0 atom stereocenters. The van der Waals surface area contributed by atoms with Crippen molar-refractivity contribution in [3.05, 3.63) is 11.6 Å². The molecule has 0 saturated carbocycles. The van der Waals surface area contributed by atoms with Crippen molar-refractivity contribution in [2.45, 2.75) is 27.2 Å². The molecule has 0 saturated heterocycles. The van der Waals surface area contributed by atoms with E-state index >= 15 is 0 Å². The zero-order valence-electron chi connectivity index (χ0n) is 6.35. The van der Waals surface area contributed by atoms with Gasteiger partial charge in [-0.2, -0.15) is 0 Å². The lowest BCUT2D eigenvalue weighted by Crippen LogP contribution is -1.84. The Morgan fingerprint density at radius 3 is 2.44 bits per heavy atom. The Morgan fingerprint density at radius 2 is 2.11 bits per heavy atom. The lowest BCUT2D eigenvalue weighted by molar-refractivity contribution is -0.104. The Labute approximate surface area is 56.8 Å². The molecule has 0 radical (unpaired) electrons. The smallest absolute Gasteiger partial charge is 0.145 e. The normalized spacial score (nSPS) is 12.2. The van der Waals surface area contributed by atoms with Gasteiger partial charge in [0.05, 0.1) is 0 Å². The van der Waals surface area contributed by atoms with Gasteiger partial charge >= 0.3 is 0 Å². The number of rotatable bonds is 3. The topological polar surface area (TPSA) is 17.1 Å². The molecule has 0 spiro atoms. The van der Waals surface area contributed by atoms with Crippen LogP contribution >= 0.6 is 0 Å². The van der Waals surface area contributed by atoms with Gasteiger partial charge in [-0.15, -0.1) is 0 Å². The van der Waals surface area contributed by atoms with Gasteiger partial charge in [-0.1, -0.05) is 19.9 Å². The highest BCUT2D eigenvalue weighted by molar-refractivity contribution is 5.71. The van der Waals surface area contributed by atoms with Crippen molar-refractivity contribution >= 4 is 6.29 Å². The first-order valence-electron chi connectivity index (χ1n) is 3.28. The van der Waals surface area contributed by atoms with E-state index in [-0.39, 0.29) is 0 Å². The second kappa shape index (κ2) is 4.30. The summed E-state index contributed by atoms with van der Waals surface area (Å²) < 4.78 is 0. The standard InChI is InChI=1S/C8H14O/c1-7(2)4-5-8(3)6-9/h5-7H,4H2,1-3H3. The van der Waals surface area contributed by atoms with E-state index in [9.17, 15) is 4.79 Å². The zero-order valence-corrected chi connectivity index (χ0v) is 6.35. The van der Waals surface area contributed by atoms with Crippen LogP contribution in [-0.4, -0.2) is 6.29 Å². The third-order valence-electron chi connectivity index (χ3n) is 1.10. The molecule has 0 unspecified atom stereocenters. The van der Waals surface area contributed by atoms with E-state index in [1.165, 1.54) is 0 Å². The Bertz CT molecular complexity index is 112. The lowest BCUT2D eigenvalue weighted by atomic mass is 10.1. The summed E-state index contributed by atoms with van der Waals surface area (Å²) in [6.07, 6.45) is 3.87. The van der Waals surface area contributed by atoms with Crippen LogP contribution in [-0.2, 0) is 4.79 Å². The number of allylic oxidation sites excluding steroid dienone is 2. The van der Waals surface area contributed by atoms with Crippen molar-refractivity contribution in [3.63, 3.8) is 0 Å². The molecule has 52 valence electrons. The van der Waals surface area contributed by atoms with Crippen LogP contribution in [0.15, 0.2) is 11.6 Å². The largest absolute Gasteiger partial charge is 0.298 e. The molecule has 0 aromatic rings. The molecule has 0 aliphatic rings. The number of carbonyl (C=O) groups is 1. The van der Waals surface area contributed by atoms with Crippen molar-refractivity contribution in [3.8, 4) is 0 Å². The predicted octanol–water partition coefficient (Wildman–Crippen LogP) is 2.18. The van der Waals surface area contributed by atoms with E-state index in [4.69, 9.17) is 0 Å². The minimum Gasteiger partial charge on any atom is -0.298 e. The summed E-state index contributed by atoms with van der Waals surface area (Å²) in [4.78, 5) is 10.0. The van der Waals surface area contributed by atoms with Gasteiger partial charge in [0.15, 0.2) is 0 Å². The van der Waals surface area contributed by atoms with Crippen LogP contribution < -0.4 is 0 Å². The third-order valence-corrected chi connectivity index (χ3v) is 1.10. The molecular formula is C8H14O. The maximum atomic E-state index is 10.0. The molecule has 0 rings (SSSR count). The lowest BCUT2D eigenvalue weighted by Gasteiger charge is -1.96. The van der Waals surface area contributed by atoms with Gasteiger partial charge in [-0.05, 0) is 24.8 Å². The molecule has 0 aliphatic carbocycles. The molecule has 0 aromatic heterocycles. The van der Waals surface area contributed by atoms with E-state index in [2.05, 4.69) is 13.8 Å². The summed E-state index contributed by atoms with van der Waals surface area (Å²) in [6.45, 7) is 6.10. The average molecular weight is 126 g/mol. The maximum absolute atomic E-state index is 10.0. The molecule has 0 aliphatic heterocycles. The predicted molar refractivity (Wildman–Crippen MR) is 39.3 cm³/mol. The maximum Gasteiger partial charge on any atom is 0.145 e. The fraction of sp³-hybridized carbons (Fsp3) is 0.625. The molecule has 0 aromatic carbocycles. The highest BCUT2D eigenvalue weighted by atomic mass is 16.1. The van der Waals surface area contributed by atoms with E-state index in [0.29, 0.717) is 5.92 Å². The van der Waals surface area contributed by atoms with Crippen LogP contribution in [0.3, 0.4) is 0 Å². The summed E-state index contributed by atoms with van der Waals surface area (Å²) in [5.41, 5.74) is 0.837. The molecular weight excluding hydrogens is 112 g/mol. The van der Waals surface area contributed by atoms with E-state index < -0.39 is 0 Å². The summed E-state index contributed by atoms with van der Waals surface area (Å²) >= 11 is 0. The molecule has 0 bridgehead atoms. The number of aldehydes is 1. The van der Waals surface area contributed by atoms with Gasteiger partial charge in [-0.3, -0.25) is 4.79 Å². The highest BCUT2D eigenvalue weighted by Crippen LogP contribution is 2.01. The summed E-state index contributed by atoms with van der Waals surface area (Å²) in [5.74, 6) is 0.653. The summed E-state index contributed by atoms with van der Waals surface area (Å²) in [5, 5.41) is 0. The molecule has 1 nitrogen and oxygen atoms in total. The Kier molecular flexibility index (Phi) is 4.02. The fourth-order valence-electron chi connectivity index (χ4n) is 0.470. The van der Waals surface area contributed by atoms with Crippen LogP contribution in [0.4, 0.5) is 0 Å². The minimum absolute atomic E-state index is 0.653. The van der Waals surface area contributed by atoms with Gasteiger partial charge in [0.1, 0.15) is 6.29 Å². The van der Waals surface area contributed by atoms with E-state index in [1.807, 2.05) is 13.0 Å². The Balaban J connectivity index is 3.56. The average Bonchev–Trinajstić information content (AvgIpc) is 1.83. The van der Waals surface area contributed by atoms with Gasteiger partial charge in [-0.25, -0.2) is 0 Å². The van der Waals surface area contributed by atoms with Crippen LogP contribution in [0, 0.1) is 5.92 Å². The number of carbonyl (C=O) groups excluding carboxylic acids is 1. The van der Waals surface area contributed by atoms with Crippen LogP contribution in [0.5, 0.6) is 0 Å². The Hall–Kier alpha value is -0.590. The molecule has 0 heterocycles. The first-order valence-corrected chi connectivity index (χ1v) is 3.28. The number of hydrogen-bond donors (Lipinski definition) is 0. The van der Waals surface area contributed by atoms with Crippen LogP contribution in [0.1, 0.15) is 27.2 Å². The molecule has 9 heavy (non-hydrogen) atoms. The highest BCUT2D eigenvalue weighted by Gasteiger charge is 1.89.